The fourth-order valence-electron chi connectivity index (χ4n) is 2.47. The number of piperidine rings is 1. The van der Waals surface area contributed by atoms with Gasteiger partial charge in [0.05, 0.1) is 0 Å². The van der Waals surface area contributed by atoms with Crippen LogP contribution in [0.5, 0.6) is 0 Å². The van der Waals surface area contributed by atoms with Crippen LogP contribution < -0.4 is 0 Å². The Hall–Kier alpha value is -0.820. The molecule has 1 aliphatic carbocycles. The third kappa shape index (κ3) is 2.60. The van der Waals surface area contributed by atoms with Gasteiger partial charge >= 0.3 is 0 Å². The second kappa shape index (κ2) is 4.80. The van der Waals surface area contributed by atoms with Gasteiger partial charge in [0.2, 0.25) is 0 Å². The van der Waals surface area contributed by atoms with Crippen LogP contribution in [0.3, 0.4) is 0 Å². The van der Waals surface area contributed by atoms with Crippen LogP contribution in [0.4, 0.5) is 0 Å². The largest absolute Gasteiger partial charge is 0.299 e. The lowest BCUT2D eigenvalue weighted by molar-refractivity contribution is 0.297. The zero-order valence-corrected chi connectivity index (χ0v) is 9.82. The van der Waals surface area contributed by atoms with Gasteiger partial charge in [0.25, 0.3) is 0 Å². The van der Waals surface area contributed by atoms with Crippen LogP contribution in [0.1, 0.15) is 25.8 Å². The van der Waals surface area contributed by atoms with Gasteiger partial charge in [0.15, 0.2) is 0 Å². The molecular formula is C14H21N. The summed E-state index contributed by atoms with van der Waals surface area (Å²) >= 11 is 0. The monoisotopic (exact) mass is 203 g/mol. The molecule has 1 saturated heterocycles. The van der Waals surface area contributed by atoms with Gasteiger partial charge in [-0.2, -0.15) is 0 Å². The SMILES string of the molecule is CC.c1ccc(CN2CC3CC3C2)cc1. The van der Waals surface area contributed by atoms with Gasteiger partial charge in [-0.05, 0) is 23.8 Å². The molecule has 0 spiro atoms. The molecule has 0 radical (unpaired) electrons. The molecule has 1 aromatic rings. The zero-order chi connectivity index (χ0) is 10.7. The van der Waals surface area contributed by atoms with E-state index in [0.29, 0.717) is 0 Å². The molecule has 1 heteroatoms. The van der Waals surface area contributed by atoms with E-state index in [2.05, 4.69) is 35.2 Å². The van der Waals surface area contributed by atoms with E-state index < -0.39 is 0 Å². The van der Waals surface area contributed by atoms with Gasteiger partial charge in [0, 0.05) is 19.6 Å². The van der Waals surface area contributed by atoms with Crippen LogP contribution in [0.2, 0.25) is 0 Å². The van der Waals surface area contributed by atoms with Crippen molar-refractivity contribution in [3.05, 3.63) is 35.9 Å². The Kier molecular flexibility index (Phi) is 3.42. The Labute approximate surface area is 93.1 Å². The predicted octanol–water partition coefficient (Wildman–Crippen LogP) is 3.16. The molecule has 0 aromatic heterocycles. The molecule has 2 aliphatic rings. The number of likely N-dealkylation sites (tertiary alicyclic amines) is 1. The molecule has 1 aliphatic heterocycles. The van der Waals surface area contributed by atoms with Crippen molar-refractivity contribution in [2.45, 2.75) is 26.8 Å². The fraction of sp³-hybridized carbons (Fsp3) is 0.571. The highest BCUT2D eigenvalue weighted by molar-refractivity contribution is 5.15. The highest BCUT2D eigenvalue weighted by Crippen LogP contribution is 2.45. The lowest BCUT2D eigenvalue weighted by atomic mass is 10.2. The van der Waals surface area contributed by atoms with E-state index in [1.807, 2.05) is 13.8 Å². The standard InChI is InChI=1S/C12H15N.C2H6/c1-2-4-10(5-3-1)7-13-8-11-6-12(11)9-13;1-2/h1-5,11-12H,6-9H2;1-2H3. The Morgan fingerprint density at radius 2 is 1.67 bits per heavy atom. The number of hydrogen-bond acceptors (Lipinski definition) is 1. The maximum absolute atomic E-state index is 2.59. The molecule has 15 heavy (non-hydrogen) atoms. The fourth-order valence-corrected chi connectivity index (χ4v) is 2.47. The van der Waals surface area contributed by atoms with Crippen LogP contribution in [-0.2, 0) is 6.54 Å². The van der Waals surface area contributed by atoms with Crippen molar-refractivity contribution >= 4 is 0 Å². The number of benzene rings is 1. The van der Waals surface area contributed by atoms with E-state index in [1.54, 1.807) is 0 Å². The van der Waals surface area contributed by atoms with Crippen molar-refractivity contribution in [3.63, 3.8) is 0 Å². The van der Waals surface area contributed by atoms with E-state index >= 15 is 0 Å². The van der Waals surface area contributed by atoms with E-state index in [1.165, 1.54) is 25.1 Å². The maximum Gasteiger partial charge on any atom is 0.0233 e. The number of fused-ring (bicyclic) bond motifs is 1. The summed E-state index contributed by atoms with van der Waals surface area (Å²) < 4.78 is 0. The van der Waals surface area contributed by atoms with Crippen molar-refractivity contribution in [2.75, 3.05) is 13.1 Å². The summed E-state index contributed by atoms with van der Waals surface area (Å²) in [5, 5.41) is 0. The Bertz CT molecular complexity index is 283. The second-order valence-corrected chi connectivity index (χ2v) is 4.44. The quantitative estimate of drug-likeness (QED) is 0.713. The van der Waals surface area contributed by atoms with Crippen LogP contribution in [0, 0.1) is 11.8 Å². The van der Waals surface area contributed by atoms with Gasteiger partial charge < -0.3 is 0 Å². The first-order valence-electron chi connectivity index (χ1n) is 6.18. The topological polar surface area (TPSA) is 3.24 Å². The van der Waals surface area contributed by atoms with Crippen LogP contribution in [-0.4, -0.2) is 18.0 Å². The van der Waals surface area contributed by atoms with E-state index in [-0.39, 0.29) is 0 Å². The minimum Gasteiger partial charge on any atom is -0.299 e. The summed E-state index contributed by atoms with van der Waals surface area (Å²) in [6.07, 6.45) is 1.51. The van der Waals surface area contributed by atoms with Crippen LogP contribution in [0.25, 0.3) is 0 Å². The highest BCUT2D eigenvalue weighted by atomic mass is 15.2. The van der Waals surface area contributed by atoms with Crippen molar-refractivity contribution < 1.29 is 0 Å². The van der Waals surface area contributed by atoms with Crippen molar-refractivity contribution in [1.29, 1.82) is 0 Å². The zero-order valence-electron chi connectivity index (χ0n) is 9.82. The average Bonchev–Trinajstić information content (AvgIpc) is 2.91. The van der Waals surface area contributed by atoms with Gasteiger partial charge in [0.1, 0.15) is 0 Å². The molecule has 82 valence electrons. The molecule has 1 saturated carbocycles. The minimum absolute atomic E-state index is 1.06. The summed E-state index contributed by atoms with van der Waals surface area (Å²) in [4.78, 5) is 2.59. The van der Waals surface area contributed by atoms with Crippen molar-refractivity contribution in [2.24, 2.45) is 11.8 Å². The third-order valence-electron chi connectivity index (χ3n) is 3.30. The number of rotatable bonds is 2. The smallest absolute Gasteiger partial charge is 0.0233 e. The Balaban J connectivity index is 0.000000404. The lowest BCUT2D eigenvalue weighted by Crippen LogP contribution is -2.21. The molecular weight excluding hydrogens is 182 g/mol. The molecule has 1 nitrogen and oxygen atoms in total. The molecule has 2 unspecified atom stereocenters. The Morgan fingerprint density at radius 1 is 1.07 bits per heavy atom. The van der Waals surface area contributed by atoms with E-state index in [4.69, 9.17) is 0 Å². The summed E-state index contributed by atoms with van der Waals surface area (Å²) in [7, 11) is 0. The van der Waals surface area contributed by atoms with Crippen LogP contribution in [0.15, 0.2) is 30.3 Å². The first kappa shape index (κ1) is 10.7. The first-order valence-corrected chi connectivity index (χ1v) is 6.18. The molecule has 0 bridgehead atoms. The molecule has 2 atom stereocenters. The maximum atomic E-state index is 2.59. The van der Waals surface area contributed by atoms with Crippen molar-refractivity contribution in [1.82, 2.24) is 4.90 Å². The van der Waals surface area contributed by atoms with Gasteiger partial charge in [-0.25, -0.2) is 0 Å². The lowest BCUT2D eigenvalue weighted by Gasteiger charge is -2.16. The van der Waals surface area contributed by atoms with Crippen LogP contribution >= 0.6 is 0 Å². The molecule has 3 rings (SSSR count). The van der Waals surface area contributed by atoms with Gasteiger partial charge in [-0.3, -0.25) is 4.90 Å². The molecule has 1 heterocycles. The summed E-state index contributed by atoms with van der Waals surface area (Å²) in [5.74, 6) is 2.12. The highest BCUT2D eigenvalue weighted by Gasteiger charge is 2.44. The predicted molar refractivity (Wildman–Crippen MR) is 64.7 cm³/mol. The van der Waals surface area contributed by atoms with Gasteiger partial charge in [-0.1, -0.05) is 44.2 Å². The Morgan fingerprint density at radius 3 is 2.27 bits per heavy atom. The molecule has 1 aromatic carbocycles. The third-order valence-corrected chi connectivity index (χ3v) is 3.30. The van der Waals surface area contributed by atoms with Gasteiger partial charge in [-0.15, -0.1) is 0 Å². The second-order valence-electron chi connectivity index (χ2n) is 4.44. The summed E-state index contributed by atoms with van der Waals surface area (Å²) in [6.45, 7) is 7.85. The summed E-state index contributed by atoms with van der Waals surface area (Å²) in [5.41, 5.74) is 1.46. The van der Waals surface area contributed by atoms with E-state index in [9.17, 15) is 0 Å². The van der Waals surface area contributed by atoms with Crippen molar-refractivity contribution in [3.8, 4) is 0 Å². The molecule has 0 N–H and O–H groups in total. The number of hydrogen-bond donors (Lipinski definition) is 0. The van der Waals surface area contributed by atoms with E-state index in [0.717, 1.165) is 18.4 Å². The first-order chi connectivity index (χ1) is 7.42. The molecule has 0 amide bonds. The summed E-state index contributed by atoms with van der Waals surface area (Å²) in [6, 6.07) is 10.8. The average molecular weight is 203 g/mol. The minimum atomic E-state index is 1.06. The number of nitrogens with zero attached hydrogens (tertiary/aromatic N) is 1. The normalized spacial score (nSPS) is 27.9. The molecule has 2 fully saturated rings.